The van der Waals surface area contributed by atoms with Crippen LogP contribution in [0.15, 0.2) is 66.7 Å². The van der Waals surface area contributed by atoms with E-state index in [4.69, 9.17) is 9.57 Å². The Kier molecular flexibility index (Phi) is 13.6. The molecule has 0 radical (unpaired) electrons. The number of anilines is 1. The van der Waals surface area contributed by atoms with Crippen molar-refractivity contribution < 1.29 is 29.4 Å². The first-order chi connectivity index (χ1) is 25.3. The zero-order valence-electron chi connectivity index (χ0n) is 32.6. The van der Waals surface area contributed by atoms with E-state index in [2.05, 4.69) is 29.4 Å². The van der Waals surface area contributed by atoms with Gasteiger partial charge in [-0.05, 0) is 68.6 Å². The minimum Gasteiger partial charge on any atom is -0.496 e. The number of para-hydroxylation sites is 1. The molecule has 11 heteroatoms. The molecule has 0 unspecified atom stereocenters. The summed E-state index contributed by atoms with van der Waals surface area (Å²) in [6.07, 6.45) is 1.43. The first kappa shape index (κ1) is 40.2. The lowest BCUT2D eigenvalue weighted by Gasteiger charge is -2.36. The van der Waals surface area contributed by atoms with Crippen LogP contribution in [0.2, 0.25) is 0 Å². The number of likely N-dealkylation sites (N-methyl/N-ethyl adjacent to an activating group) is 1. The number of ether oxygens (including phenoxy) is 1. The summed E-state index contributed by atoms with van der Waals surface area (Å²) in [6.45, 7) is 6.50. The summed E-state index contributed by atoms with van der Waals surface area (Å²) >= 11 is 0. The summed E-state index contributed by atoms with van der Waals surface area (Å²) in [7, 11) is 9.45. The molecule has 0 spiro atoms. The molecule has 3 aromatic rings. The van der Waals surface area contributed by atoms with Crippen LogP contribution in [0.25, 0.3) is 11.1 Å². The highest BCUT2D eigenvalue weighted by atomic mass is 16.7. The molecule has 1 heterocycles. The van der Waals surface area contributed by atoms with Crippen molar-refractivity contribution in [3.05, 3.63) is 83.4 Å². The van der Waals surface area contributed by atoms with Crippen molar-refractivity contribution in [2.45, 2.75) is 76.9 Å². The normalized spacial score (nSPS) is 24.4. The van der Waals surface area contributed by atoms with Gasteiger partial charge in [0.1, 0.15) is 17.9 Å². The van der Waals surface area contributed by atoms with Gasteiger partial charge in [-0.1, -0.05) is 75.2 Å². The van der Waals surface area contributed by atoms with Crippen LogP contribution in [0, 0.1) is 17.8 Å². The van der Waals surface area contributed by atoms with E-state index in [0.717, 1.165) is 47.2 Å². The molecule has 2 amide bonds. The first-order valence-corrected chi connectivity index (χ1v) is 18.8. The van der Waals surface area contributed by atoms with Crippen molar-refractivity contribution in [1.29, 1.82) is 0 Å². The third-order valence-corrected chi connectivity index (χ3v) is 11.1. The summed E-state index contributed by atoms with van der Waals surface area (Å²) in [5.74, 6) is 0.335. The van der Waals surface area contributed by atoms with E-state index >= 15 is 0 Å². The van der Waals surface area contributed by atoms with Gasteiger partial charge >= 0.3 is 0 Å². The molecule has 1 aliphatic carbocycles. The number of hydrogen-bond acceptors (Lipinski definition) is 9. The number of carbonyl (C=O) groups is 2. The third-order valence-electron chi connectivity index (χ3n) is 11.1. The number of hydrogen-bond donors (Lipinski definition) is 4. The molecule has 1 saturated carbocycles. The molecular weight excluding hydrogens is 670 g/mol. The van der Waals surface area contributed by atoms with Crippen molar-refractivity contribution in [2.24, 2.45) is 17.8 Å². The van der Waals surface area contributed by atoms with Crippen LogP contribution < -0.4 is 20.3 Å². The number of aliphatic hydroxyl groups excluding tert-OH is 2. The molecule has 11 nitrogen and oxygen atoms in total. The Morgan fingerprint density at radius 2 is 1.75 bits per heavy atom. The number of methoxy groups -OCH3 is 1. The second-order valence-corrected chi connectivity index (χ2v) is 15.4. The largest absolute Gasteiger partial charge is 0.496 e. The summed E-state index contributed by atoms with van der Waals surface area (Å²) < 4.78 is 6.08. The lowest BCUT2D eigenvalue weighted by atomic mass is 9.77. The van der Waals surface area contributed by atoms with Crippen LogP contribution >= 0.6 is 0 Å². The number of carbonyl (C=O) groups excluding carboxylic acids is 2. The lowest BCUT2D eigenvalue weighted by molar-refractivity contribution is -0.182. The van der Waals surface area contributed by atoms with Gasteiger partial charge in [0.25, 0.3) is 5.91 Å². The van der Waals surface area contributed by atoms with Gasteiger partial charge in [0.15, 0.2) is 0 Å². The third kappa shape index (κ3) is 9.39. The molecule has 53 heavy (non-hydrogen) atoms. The van der Waals surface area contributed by atoms with Crippen molar-refractivity contribution in [3.63, 3.8) is 0 Å². The van der Waals surface area contributed by atoms with Gasteiger partial charge in [0, 0.05) is 55.0 Å². The van der Waals surface area contributed by atoms with Gasteiger partial charge in [-0.3, -0.25) is 14.4 Å². The second kappa shape index (κ2) is 17.9. The minimum atomic E-state index is -0.901. The number of nitrogens with zero attached hydrogens (tertiary/aromatic N) is 3. The highest BCUT2D eigenvalue weighted by molar-refractivity contribution is 5.97. The van der Waals surface area contributed by atoms with E-state index in [0.29, 0.717) is 29.7 Å². The molecule has 8 atom stereocenters. The van der Waals surface area contributed by atoms with Gasteiger partial charge in [0.05, 0.1) is 32.4 Å². The average Bonchev–Trinajstić information content (AvgIpc) is 3.51. The molecule has 288 valence electrons. The summed E-state index contributed by atoms with van der Waals surface area (Å²) in [6, 6.07) is 20.5. The van der Waals surface area contributed by atoms with Gasteiger partial charge in [-0.15, -0.1) is 0 Å². The molecule has 4 N–H and O–H groups in total. The van der Waals surface area contributed by atoms with Crippen LogP contribution in [0.3, 0.4) is 0 Å². The molecule has 5 rings (SSSR count). The molecule has 0 bridgehead atoms. The molecule has 1 saturated heterocycles. The zero-order chi connectivity index (χ0) is 38.4. The Balaban J connectivity index is 1.47. The van der Waals surface area contributed by atoms with Gasteiger partial charge in [0.2, 0.25) is 5.91 Å². The predicted octanol–water partition coefficient (Wildman–Crippen LogP) is 4.88. The minimum absolute atomic E-state index is 0.0232. The maximum absolute atomic E-state index is 14.1. The Hall–Kier alpha value is -4.00. The zero-order valence-corrected chi connectivity index (χ0v) is 32.6. The van der Waals surface area contributed by atoms with E-state index in [1.165, 1.54) is 0 Å². The van der Waals surface area contributed by atoms with Gasteiger partial charge < -0.3 is 35.4 Å². The van der Waals surface area contributed by atoms with E-state index in [1.54, 1.807) is 19.1 Å². The van der Waals surface area contributed by atoms with Crippen molar-refractivity contribution in [3.8, 4) is 16.9 Å². The summed E-state index contributed by atoms with van der Waals surface area (Å²) in [5, 5.41) is 29.3. The highest BCUT2D eigenvalue weighted by Gasteiger charge is 2.50. The highest BCUT2D eigenvalue weighted by Crippen LogP contribution is 2.39. The molecular formula is C42H59N5O6. The van der Waals surface area contributed by atoms with Crippen molar-refractivity contribution in [2.75, 3.05) is 53.4 Å². The van der Waals surface area contributed by atoms with Crippen molar-refractivity contribution >= 4 is 17.5 Å². The molecule has 2 aliphatic rings. The number of nitrogens with one attached hydrogen (secondary N) is 2. The maximum atomic E-state index is 14.1. The number of benzene rings is 3. The van der Waals surface area contributed by atoms with E-state index < -0.39 is 24.2 Å². The quantitative estimate of drug-likeness (QED) is 0.184. The SMILES string of the molecule is COc1c(CN2O[C@@H](CO)[C@@H]([C@H](C)O)[C@H]2C(=O)N[C@H]2CCC[C@H](C)[C@@H]2C)cccc1-c1cc(C(=O)N[C@H](CN(C)C)c2ccccc2)cc(N(C)C)c1. The lowest BCUT2D eigenvalue weighted by Crippen LogP contribution is -2.53. The van der Waals surface area contributed by atoms with Gasteiger partial charge in [-0.25, -0.2) is 0 Å². The summed E-state index contributed by atoms with van der Waals surface area (Å²) in [4.78, 5) is 38.3. The van der Waals surface area contributed by atoms with Crippen LogP contribution in [0.1, 0.15) is 67.6 Å². The smallest absolute Gasteiger partial charge is 0.251 e. The molecule has 1 aliphatic heterocycles. The first-order valence-electron chi connectivity index (χ1n) is 18.8. The summed E-state index contributed by atoms with van der Waals surface area (Å²) in [5.41, 5.74) is 4.69. The Labute approximate surface area is 315 Å². The fraction of sp³-hybridized carbons (Fsp3) is 0.524. The number of aliphatic hydroxyl groups is 2. The van der Waals surface area contributed by atoms with Crippen LogP contribution in [0.5, 0.6) is 5.75 Å². The van der Waals surface area contributed by atoms with Gasteiger partial charge in [-0.2, -0.15) is 5.06 Å². The molecule has 3 aromatic carbocycles. The maximum Gasteiger partial charge on any atom is 0.251 e. The Morgan fingerprint density at radius 1 is 1.02 bits per heavy atom. The van der Waals surface area contributed by atoms with E-state index in [-0.39, 0.29) is 37.0 Å². The van der Waals surface area contributed by atoms with Crippen molar-refractivity contribution in [1.82, 2.24) is 20.6 Å². The van der Waals surface area contributed by atoms with Crippen LogP contribution in [0.4, 0.5) is 5.69 Å². The average molecular weight is 730 g/mol. The monoisotopic (exact) mass is 729 g/mol. The number of rotatable bonds is 14. The Bertz CT molecular complexity index is 1680. The van der Waals surface area contributed by atoms with E-state index in [1.807, 2.05) is 99.8 Å². The second-order valence-electron chi connectivity index (χ2n) is 15.4. The Morgan fingerprint density at radius 3 is 2.40 bits per heavy atom. The fourth-order valence-corrected chi connectivity index (χ4v) is 7.96. The molecule has 0 aromatic heterocycles. The standard InChI is InChI=1S/C42H59N5O6/c1-26-14-12-19-35(27(26)2)43-42(51)39-38(28(3)49)37(25-48)53-47(39)23-30-17-13-18-34(40(30)52-8)31-20-32(22-33(21-31)46(6)7)41(50)44-36(24-45(4)5)29-15-10-9-11-16-29/h9-11,13,15-18,20-22,26-28,35-39,48-49H,12,14,19,23-25H2,1-8H3,(H,43,51)(H,44,50)/t26-,27-,28-,35-,36+,37-,38+,39-/m0/s1. The predicted molar refractivity (Wildman–Crippen MR) is 209 cm³/mol. The topological polar surface area (TPSA) is 127 Å². The number of hydroxylamine groups is 2. The van der Waals surface area contributed by atoms with Crippen LogP contribution in [-0.4, -0.2) is 105 Å². The van der Waals surface area contributed by atoms with E-state index in [9.17, 15) is 19.8 Å². The number of amides is 2. The fourth-order valence-electron chi connectivity index (χ4n) is 7.96. The van der Waals surface area contributed by atoms with Crippen LogP contribution in [-0.2, 0) is 16.2 Å². The molecule has 2 fully saturated rings.